The lowest BCUT2D eigenvalue weighted by molar-refractivity contribution is -0.116. The number of carbonyl (C=O) groups excluding carboxylic acids is 1. The zero-order chi connectivity index (χ0) is 14.6. The second-order valence-corrected chi connectivity index (χ2v) is 6.12. The molecule has 1 rings (SSSR count). The summed E-state index contributed by atoms with van der Waals surface area (Å²) < 4.78 is 22.7. The first-order valence-electron chi connectivity index (χ1n) is 5.89. The van der Waals surface area contributed by atoms with Gasteiger partial charge in [-0.1, -0.05) is 6.07 Å². The fraction of sp³-hybridized carbons (Fsp3) is 0.417. The number of rotatable bonds is 5. The van der Waals surface area contributed by atoms with Crippen LogP contribution in [0.25, 0.3) is 0 Å². The first-order chi connectivity index (χ1) is 8.70. The van der Waals surface area contributed by atoms with E-state index < -0.39 is 10.0 Å². The van der Waals surface area contributed by atoms with Crippen LogP contribution in [0.4, 0.5) is 5.69 Å². The summed E-state index contributed by atoms with van der Waals surface area (Å²) in [5.74, 6) is -0.207. The van der Waals surface area contributed by atoms with E-state index in [-0.39, 0.29) is 35.7 Å². The molecule has 0 heterocycles. The molecule has 114 valence electrons. The first kappa shape index (κ1) is 18.9. The van der Waals surface area contributed by atoms with Gasteiger partial charge >= 0.3 is 0 Å². The van der Waals surface area contributed by atoms with Crippen LogP contribution in [-0.4, -0.2) is 20.4 Å². The van der Waals surface area contributed by atoms with Gasteiger partial charge in [-0.15, -0.1) is 12.4 Å². The van der Waals surface area contributed by atoms with E-state index in [9.17, 15) is 13.2 Å². The minimum atomic E-state index is -3.79. The smallest absolute Gasteiger partial charge is 0.238 e. The van der Waals surface area contributed by atoms with Crippen LogP contribution in [0.15, 0.2) is 23.1 Å². The fourth-order valence-electron chi connectivity index (χ4n) is 1.57. The summed E-state index contributed by atoms with van der Waals surface area (Å²) in [5.41, 5.74) is 6.50. The van der Waals surface area contributed by atoms with Gasteiger partial charge in [-0.3, -0.25) is 4.79 Å². The Morgan fingerprint density at radius 3 is 2.50 bits per heavy atom. The number of nitrogens with two attached hydrogens (primary N) is 2. The third-order valence-electron chi connectivity index (χ3n) is 2.61. The van der Waals surface area contributed by atoms with Gasteiger partial charge in [0.1, 0.15) is 0 Å². The Hall–Kier alpha value is -1.15. The number of carbonyl (C=O) groups is 1. The van der Waals surface area contributed by atoms with Crippen molar-refractivity contribution in [3.63, 3.8) is 0 Å². The van der Waals surface area contributed by atoms with E-state index in [0.717, 1.165) is 0 Å². The normalized spacial score (nSPS) is 12.4. The molecule has 0 saturated carbocycles. The van der Waals surface area contributed by atoms with Gasteiger partial charge in [0, 0.05) is 18.2 Å². The standard InChI is InChI=1S/C12H19N3O3S.ClH/c1-8-3-5-10(7-11(8)19(14,17)18)15-12(16)6-4-9(2)13;/h3,5,7,9H,4,6,13H2,1-2H3,(H,15,16)(H2,14,17,18);1H. The zero-order valence-electron chi connectivity index (χ0n) is 11.4. The van der Waals surface area contributed by atoms with Gasteiger partial charge in [-0.25, -0.2) is 13.6 Å². The van der Waals surface area contributed by atoms with Crippen LogP contribution in [-0.2, 0) is 14.8 Å². The number of hydrogen-bond acceptors (Lipinski definition) is 4. The Kier molecular flexibility index (Phi) is 7.15. The number of benzene rings is 1. The average molecular weight is 322 g/mol. The maximum absolute atomic E-state index is 11.6. The SMILES string of the molecule is Cc1ccc(NC(=O)CCC(C)N)cc1S(N)(=O)=O.Cl. The van der Waals surface area contributed by atoms with Crippen LogP contribution < -0.4 is 16.2 Å². The summed E-state index contributed by atoms with van der Waals surface area (Å²) in [6.07, 6.45) is 0.857. The molecule has 0 aliphatic heterocycles. The van der Waals surface area contributed by atoms with E-state index >= 15 is 0 Å². The molecule has 1 aromatic rings. The Morgan fingerprint density at radius 1 is 1.40 bits per heavy atom. The van der Waals surface area contributed by atoms with Crippen LogP contribution in [0, 0.1) is 6.92 Å². The predicted octanol–water partition coefficient (Wildman–Crippen LogP) is 1.13. The largest absolute Gasteiger partial charge is 0.328 e. The summed E-state index contributed by atoms with van der Waals surface area (Å²) >= 11 is 0. The lowest BCUT2D eigenvalue weighted by atomic mass is 10.2. The molecule has 6 nitrogen and oxygen atoms in total. The maximum atomic E-state index is 11.6. The molecule has 0 aliphatic carbocycles. The van der Waals surface area contributed by atoms with Gasteiger partial charge in [0.15, 0.2) is 0 Å². The van der Waals surface area contributed by atoms with E-state index in [1.54, 1.807) is 19.1 Å². The quantitative estimate of drug-likeness (QED) is 0.753. The van der Waals surface area contributed by atoms with Gasteiger partial charge in [0.05, 0.1) is 4.90 Å². The van der Waals surface area contributed by atoms with Crippen LogP contribution in [0.2, 0.25) is 0 Å². The molecule has 0 aromatic heterocycles. The van der Waals surface area contributed by atoms with Crippen molar-refractivity contribution in [1.29, 1.82) is 0 Å². The van der Waals surface area contributed by atoms with E-state index in [1.165, 1.54) is 6.07 Å². The van der Waals surface area contributed by atoms with Gasteiger partial charge in [-0.2, -0.15) is 0 Å². The number of sulfonamides is 1. The summed E-state index contributed by atoms with van der Waals surface area (Å²) in [7, 11) is -3.79. The molecule has 1 atom stereocenters. The van der Waals surface area contributed by atoms with E-state index in [4.69, 9.17) is 10.9 Å². The van der Waals surface area contributed by atoms with Crippen molar-refractivity contribution in [3.8, 4) is 0 Å². The maximum Gasteiger partial charge on any atom is 0.238 e. The molecule has 1 amide bonds. The van der Waals surface area contributed by atoms with Crippen molar-refractivity contribution in [2.75, 3.05) is 5.32 Å². The minimum Gasteiger partial charge on any atom is -0.328 e. The molecule has 1 aromatic carbocycles. The van der Waals surface area contributed by atoms with Crippen LogP contribution in [0.1, 0.15) is 25.3 Å². The molecule has 0 radical (unpaired) electrons. The van der Waals surface area contributed by atoms with Crippen molar-refractivity contribution in [2.24, 2.45) is 10.9 Å². The first-order valence-corrected chi connectivity index (χ1v) is 7.43. The lowest BCUT2D eigenvalue weighted by Gasteiger charge is -2.09. The molecule has 0 bridgehead atoms. The van der Waals surface area contributed by atoms with E-state index in [2.05, 4.69) is 5.32 Å². The fourth-order valence-corrected chi connectivity index (χ4v) is 2.37. The molecule has 20 heavy (non-hydrogen) atoms. The van der Waals surface area contributed by atoms with Gasteiger partial charge in [0.25, 0.3) is 0 Å². The molecule has 0 aliphatic rings. The van der Waals surface area contributed by atoms with Crippen LogP contribution in [0.3, 0.4) is 0 Å². The summed E-state index contributed by atoms with van der Waals surface area (Å²) in [4.78, 5) is 11.6. The third-order valence-corrected chi connectivity index (χ3v) is 3.66. The van der Waals surface area contributed by atoms with Crippen molar-refractivity contribution in [2.45, 2.75) is 37.6 Å². The number of halogens is 1. The number of primary sulfonamides is 1. The molecule has 0 fully saturated rings. The summed E-state index contributed by atoms with van der Waals surface area (Å²) in [5, 5.41) is 7.72. The topological polar surface area (TPSA) is 115 Å². The highest BCUT2D eigenvalue weighted by atomic mass is 35.5. The molecule has 0 saturated heterocycles. The second-order valence-electron chi connectivity index (χ2n) is 4.59. The van der Waals surface area contributed by atoms with Gasteiger partial charge in [0.2, 0.25) is 15.9 Å². The highest BCUT2D eigenvalue weighted by Gasteiger charge is 2.13. The Bertz CT molecular complexity index is 573. The molecule has 1 unspecified atom stereocenters. The number of nitrogens with one attached hydrogen (secondary N) is 1. The zero-order valence-corrected chi connectivity index (χ0v) is 13.1. The average Bonchev–Trinajstić information content (AvgIpc) is 2.27. The minimum absolute atomic E-state index is 0. The number of hydrogen-bond donors (Lipinski definition) is 3. The van der Waals surface area contributed by atoms with Crippen molar-refractivity contribution in [3.05, 3.63) is 23.8 Å². The van der Waals surface area contributed by atoms with Gasteiger partial charge in [-0.05, 0) is 38.0 Å². The predicted molar refractivity (Wildman–Crippen MR) is 81.3 cm³/mol. The van der Waals surface area contributed by atoms with Crippen LogP contribution >= 0.6 is 12.4 Å². The van der Waals surface area contributed by atoms with Crippen LogP contribution in [0.5, 0.6) is 0 Å². The van der Waals surface area contributed by atoms with Crippen molar-refractivity contribution >= 4 is 34.0 Å². The molecular weight excluding hydrogens is 302 g/mol. The van der Waals surface area contributed by atoms with Crippen molar-refractivity contribution < 1.29 is 13.2 Å². The van der Waals surface area contributed by atoms with Gasteiger partial charge < -0.3 is 11.1 Å². The van der Waals surface area contributed by atoms with Crippen molar-refractivity contribution in [1.82, 2.24) is 0 Å². The summed E-state index contributed by atoms with van der Waals surface area (Å²) in [6.45, 7) is 3.46. The third kappa shape index (κ3) is 5.87. The Labute approximate surface area is 125 Å². The highest BCUT2D eigenvalue weighted by molar-refractivity contribution is 7.89. The number of amides is 1. The molecular formula is C12H20ClN3O3S. The monoisotopic (exact) mass is 321 g/mol. The number of aryl methyl sites for hydroxylation is 1. The Balaban J connectivity index is 0.00000361. The number of anilines is 1. The highest BCUT2D eigenvalue weighted by Crippen LogP contribution is 2.19. The summed E-state index contributed by atoms with van der Waals surface area (Å²) in [6, 6.07) is 4.53. The molecule has 0 spiro atoms. The molecule has 5 N–H and O–H groups in total. The van der Waals surface area contributed by atoms with E-state index in [0.29, 0.717) is 17.7 Å². The lowest BCUT2D eigenvalue weighted by Crippen LogP contribution is -2.20. The second kappa shape index (κ2) is 7.58. The van der Waals surface area contributed by atoms with E-state index in [1.807, 2.05) is 6.92 Å². The Morgan fingerprint density at radius 2 is 2.00 bits per heavy atom. The molecule has 8 heteroatoms.